The average molecular weight is 256 g/mol. The van der Waals surface area contributed by atoms with E-state index in [2.05, 4.69) is 0 Å². The van der Waals surface area contributed by atoms with Crippen molar-refractivity contribution >= 4 is 0 Å². The normalized spacial score (nSPS) is 11.7. The fourth-order valence-corrected chi connectivity index (χ4v) is 2.23. The molecule has 0 radical (unpaired) electrons. The summed E-state index contributed by atoms with van der Waals surface area (Å²) in [6.45, 7) is 9.78. The van der Waals surface area contributed by atoms with Gasteiger partial charge in [0, 0.05) is 0 Å². The maximum absolute atomic E-state index is 15.2. The molecule has 2 aromatic rings. The molecule has 0 heterocycles. The van der Waals surface area contributed by atoms with E-state index in [1.807, 2.05) is 64.1 Å². The lowest BCUT2D eigenvalue weighted by Crippen LogP contribution is -2.17. The van der Waals surface area contributed by atoms with E-state index in [9.17, 15) is 0 Å². The van der Waals surface area contributed by atoms with Crippen LogP contribution in [-0.4, -0.2) is 0 Å². The van der Waals surface area contributed by atoms with E-state index >= 15 is 4.39 Å². The van der Waals surface area contributed by atoms with E-state index in [-0.39, 0.29) is 0 Å². The Balaban J connectivity index is 2.51. The smallest absolute Gasteiger partial charge is 0.158 e. The van der Waals surface area contributed by atoms with Crippen LogP contribution >= 0.6 is 0 Å². The second kappa shape index (κ2) is 4.80. The first-order valence-electron chi connectivity index (χ1n) is 6.67. The second-order valence-electron chi connectivity index (χ2n) is 5.60. The van der Waals surface area contributed by atoms with Crippen LogP contribution in [0.25, 0.3) is 0 Å². The molecule has 0 nitrogen and oxygen atoms in total. The van der Waals surface area contributed by atoms with Gasteiger partial charge in [-0.1, -0.05) is 36.4 Å². The summed E-state index contributed by atoms with van der Waals surface area (Å²) in [4.78, 5) is 0. The zero-order valence-electron chi connectivity index (χ0n) is 12.3. The molecule has 0 spiro atoms. The standard InChI is InChI=1S/C18H21F/c1-12-6-8-16(10-14(12)3)18(5,19)17-9-7-13(2)15(4)11-17/h6-11H,1-5H3. The van der Waals surface area contributed by atoms with Crippen molar-refractivity contribution in [2.45, 2.75) is 40.3 Å². The molecule has 19 heavy (non-hydrogen) atoms. The van der Waals surface area contributed by atoms with Crippen LogP contribution in [0.15, 0.2) is 36.4 Å². The van der Waals surface area contributed by atoms with Crippen LogP contribution in [0.1, 0.15) is 40.3 Å². The van der Waals surface area contributed by atoms with Crippen LogP contribution in [0.4, 0.5) is 4.39 Å². The van der Waals surface area contributed by atoms with E-state index in [4.69, 9.17) is 0 Å². The number of hydrogen-bond acceptors (Lipinski definition) is 0. The number of aryl methyl sites for hydroxylation is 4. The molecule has 0 aliphatic heterocycles. The molecule has 0 fully saturated rings. The number of hydrogen-bond donors (Lipinski definition) is 0. The van der Waals surface area contributed by atoms with Crippen molar-refractivity contribution in [1.82, 2.24) is 0 Å². The van der Waals surface area contributed by atoms with Gasteiger partial charge in [0.05, 0.1) is 0 Å². The predicted molar refractivity (Wildman–Crippen MR) is 79.4 cm³/mol. The topological polar surface area (TPSA) is 0 Å². The molecule has 0 N–H and O–H groups in total. The quantitative estimate of drug-likeness (QED) is 0.696. The van der Waals surface area contributed by atoms with Gasteiger partial charge in [0.25, 0.3) is 0 Å². The summed E-state index contributed by atoms with van der Waals surface area (Å²) in [6.07, 6.45) is 0. The third-order valence-electron chi connectivity index (χ3n) is 4.10. The Morgan fingerprint density at radius 2 is 1.05 bits per heavy atom. The molecular weight excluding hydrogens is 235 g/mol. The highest BCUT2D eigenvalue weighted by atomic mass is 19.1. The molecule has 1 heteroatoms. The molecule has 2 rings (SSSR count). The van der Waals surface area contributed by atoms with E-state index in [1.54, 1.807) is 6.92 Å². The van der Waals surface area contributed by atoms with E-state index < -0.39 is 5.67 Å². The minimum Gasteiger partial charge on any atom is -0.234 e. The molecule has 0 atom stereocenters. The van der Waals surface area contributed by atoms with Crippen LogP contribution < -0.4 is 0 Å². The highest BCUT2D eigenvalue weighted by molar-refractivity contribution is 5.42. The van der Waals surface area contributed by atoms with Gasteiger partial charge in [-0.25, -0.2) is 4.39 Å². The highest BCUT2D eigenvalue weighted by Gasteiger charge is 2.28. The molecule has 0 aliphatic carbocycles. The van der Waals surface area contributed by atoms with Crippen LogP contribution in [-0.2, 0) is 5.67 Å². The van der Waals surface area contributed by atoms with E-state index in [1.165, 1.54) is 11.1 Å². The first-order valence-corrected chi connectivity index (χ1v) is 6.67. The van der Waals surface area contributed by atoms with Crippen molar-refractivity contribution < 1.29 is 4.39 Å². The molecule has 0 saturated heterocycles. The van der Waals surface area contributed by atoms with Crippen molar-refractivity contribution in [2.75, 3.05) is 0 Å². The third kappa shape index (κ3) is 2.56. The van der Waals surface area contributed by atoms with Gasteiger partial charge in [-0.3, -0.25) is 0 Å². The van der Waals surface area contributed by atoms with Gasteiger partial charge in [0.2, 0.25) is 0 Å². The van der Waals surface area contributed by atoms with Gasteiger partial charge in [-0.05, 0) is 68.0 Å². The van der Waals surface area contributed by atoms with Gasteiger partial charge in [-0.2, -0.15) is 0 Å². The Morgan fingerprint density at radius 3 is 1.37 bits per heavy atom. The van der Waals surface area contributed by atoms with Crippen molar-refractivity contribution in [3.05, 3.63) is 69.8 Å². The minimum atomic E-state index is -1.45. The molecular formula is C18H21F. The summed E-state index contributed by atoms with van der Waals surface area (Å²) in [7, 11) is 0. The number of benzene rings is 2. The summed E-state index contributed by atoms with van der Waals surface area (Å²) in [5.74, 6) is 0. The molecule has 0 bridgehead atoms. The lowest BCUT2D eigenvalue weighted by molar-refractivity contribution is 0.251. The Kier molecular flexibility index (Phi) is 3.49. The maximum Gasteiger partial charge on any atom is 0.158 e. The molecule has 2 aromatic carbocycles. The summed E-state index contributed by atoms with van der Waals surface area (Å²) in [5.41, 5.74) is 4.64. The second-order valence-corrected chi connectivity index (χ2v) is 5.60. The summed E-state index contributed by atoms with van der Waals surface area (Å²) >= 11 is 0. The Labute approximate surface area is 115 Å². The molecule has 0 aliphatic rings. The van der Waals surface area contributed by atoms with Crippen molar-refractivity contribution in [1.29, 1.82) is 0 Å². The molecule has 0 amide bonds. The zero-order chi connectivity index (χ0) is 14.2. The van der Waals surface area contributed by atoms with Gasteiger partial charge in [0.1, 0.15) is 0 Å². The fraction of sp³-hybridized carbons (Fsp3) is 0.333. The summed E-state index contributed by atoms with van der Waals surface area (Å²) in [6, 6.07) is 11.6. The van der Waals surface area contributed by atoms with Crippen LogP contribution in [0.5, 0.6) is 0 Å². The van der Waals surface area contributed by atoms with Crippen LogP contribution in [0.3, 0.4) is 0 Å². The Hall–Kier alpha value is -1.63. The minimum absolute atomic E-state index is 0.721. The first kappa shape index (κ1) is 13.8. The SMILES string of the molecule is Cc1ccc(C(C)(F)c2ccc(C)c(C)c2)cc1C. The van der Waals surface area contributed by atoms with Crippen molar-refractivity contribution in [2.24, 2.45) is 0 Å². The van der Waals surface area contributed by atoms with Gasteiger partial charge >= 0.3 is 0 Å². The van der Waals surface area contributed by atoms with Crippen LogP contribution in [0.2, 0.25) is 0 Å². The Morgan fingerprint density at radius 1 is 0.684 bits per heavy atom. The van der Waals surface area contributed by atoms with E-state index in [0.717, 1.165) is 22.3 Å². The lowest BCUT2D eigenvalue weighted by Gasteiger charge is -2.23. The largest absolute Gasteiger partial charge is 0.234 e. The first-order chi connectivity index (χ1) is 8.82. The Bertz CT molecular complexity index is 556. The maximum atomic E-state index is 15.2. The summed E-state index contributed by atoms with van der Waals surface area (Å²) < 4.78 is 15.2. The number of halogens is 1. The predicted octanol–water partition coefficient (Wildman–Crippen LogP) is 5.15. The highest BCUT2D eigenvalue weighted by Crippen LogP contribution is 2.35. The molecule has 0 saturated carbocycles. The van der Waals surface area contributed by atoms with E-state index in [0.29, 0.717) is 0 Å². The van der Waals surface area contributed by atoms with Gasteiger partial charge < -0.3 is 0 Å². The lowest BCUT2D eigenvalue weighted by atomic mass is 9.87. The van der Waals surface area contributed by atoms with Crippen LogP contribution in [0, 0.1) is 27.7 Å². The molecule has 100 valence electrons. The molecule has 0 unspecified atom stereocenters. The fourth-order valence-electron chi connectivity index (χ4n) is 2.23. The monoisotopic (exact) mass is 256 g/mol. The average Bonchev–Trinajstić information content (AvgIpc) is 2.35. The van der Waals surface area contributed by atoms with Crippen molar-refractivity contribution in [3.8, 4) is 0 Å². The number of alkyl halides is 1. The summed E-state index contributed by atoms with van der Waals surface area (Å²) in [5, 5.41) is 0. The third-order valence-corrected chi connectivity index (χ3v) is 4.10. The number of rotatable bonds is 2. The van der Waals surface area contributed by atoms with Crippen molar-refractivity contribution in [3.63, 3.8) is 0 Å². The van der Waals surface area contributed by atoms with Gasteiger partial charge in [0.15, 0.2) is 5.67 Å². The van der Waals surface area contributed by atoms with Gasteiger partial charge in [-0.15, -0.1) is 0 Å². The molecule has 0 aromatic heterocycles. The zero-order valence-corrected chi connectivity index (χ0v) is 12.3.